The molecule has 0 aliphatic heterocycles. The van der Waals surface area contributed by atoms with Crippen LogP contribution in [0.1, 0.15) is 5.56 Å². The molecule has 0 radical (unpaired) electrons. The van der Waals surface area contributed by atoms with Gasteiger partial charge >= 0.3 is 0 Å². The summed E-state index contributed by atoms with van der Waals surface area (Å²) in [6.45, 7) is 0. The first-order chi connectivity index (χ1) is 13.7. The number of benzene rings is 2. The maximum atomic E-state index is 12.5. The number of rotatable bonds is 6. The van der Waals surface area contributed by atoms with Crippen LogP contribution in [0, 0.1) is 0 Å². The van der Waals surface area contributed by atoms with Gasteiger partial charge < -0.3 is 10.4 Å². The molecule has 1 heterocycles. The Bertz CT molecular complexity index is 1130. The van der Waals surface area contributed by atoms with E-state index in [9.17, 15) is 18.3 Å². The van der Waals surface area contributed by atoms with Crippen molar-refractivity contribution in [1.82, 2.24) is 4.98 Å². The van der Waals surface area contributed by atoms with Crippen molar-refractivity contribution in [2.75, 3.05) is 10.0 Å². The number of carbonyl (C=O) groups excluding carboxylic acids is 1. The Kier molecular flexibility index (Phi) is 6.26. The van der Waals surface area contributed by atoms with Crippen molar-refractivity contribution in [3.8, 4) is 5.75 Å². The molecule has 1 aromatic heterocycles. The highest BCUT2D eigenvalue weighted by Gasteiger charge is 2.16. The van der Waals surface area contributed by atoms with E-state index in [0.717, 1.165) is 0 Å². The zero-order valence-electron chi connectivity index (χ0n) is 14.8. The molecule has 0 saturated heterocycles. The number of anilines is 2. The lowest BCUT2D eigenvalue weighted by Crippen LogP contribution is -2.15. The molecule has 3 aromatic rings. The van der Waals surface area contributed by atoms with E-state index in [1.165, 1.54) is 42.6 Å². The molecular formula is C19H15Cl2N3O4S. The average molecular weight is 452 g/mol. The number of hydrogen-bond donors (Lipinski definition) is 3. The van der Waals surface area contributed by atoms with Gasteiger partial charge in [-0.15, -0.1) is 0 Å². The second kappa shape index (κ2) is 8.69. The summed E-state index contributed by atoms with van der Waals surface area (Å²) in [5.41, 5.74) is 0.958. The Hall–Kier alpha value is -2.81. The number of aromatic hydroxyl groups is 1. The second-order valence-corrected chi connectivity index (χ2v) is 8.56. The molecule has 29 heavy (non-hydrogen) atoms. The molecule has 3 N–H and O–H groups in total. The molecule has 1 amide bonds. The van der Waals surface area contributed by atoms with E-state index in [2.05, 4.69) is 15.0 Å². The average Bonchev–Trinajstić information content (AvgIpc) is 2.64. The van der Waals surface area contributed by atoms with Crippen LogP contribution < -0.4 is 10.0 Å². The lowest BCUT2D eigenvalue weighted by molar-refractivity contribution is -0.115. The third-order valence-corrected chi connectivity index (χ3v) is 5.56. The summed E-state index contributed by atoms with van der Waals surface area (Å²) in [6, 6.07) is 13.3. The first-order valence-electron chi connectivity index (χ1n) is 8.24. The summed E-state index contributed by atoms with van der Waals surface area (Å²) in [5.74, 6) is -0.435. The zero-order chi connectivity index (χ0) is 21.0. The summed E-state index contributed by atoms with van der Waals surface area (Å²) in [7, 11) is -3.87. The van der Waals surface area contributed by atoms with Crippen LogP contribution in [0.15, 0.2) is 65.7 Å². The van der Waals surface area contributed by atoms with Crippen molar-refractivity contribution >= 4 is 50.6 Å². The monoisotopic (exact) mass is 451 g/mol. The fraction of sp³-hybridized carbons (Fsp3) is 0.0526. The minimum atomic E-state index is -3.87. The van der Waals surface area contributed by atoms with Crippen molar-refractivity contribution < 1.29 is 18.3 Å². The Morgan fingerprint density at radius 2 is 1.69 bits per heavy atom. The molecule has 0 saturated carbocycles. The van der Waals surface area contributed by atoms with Gasteiger partial charge in [0.15, 0.2) is 11.6 Å². The Labute approximate surface area is 177 Å². The highest BCUT2D eigenvalue weighted by Crippen LogP contribution is 2.24. The quantitative estimate of drug-likeness (QED) is 0.523. The lowest BCUT2D eigenvalue weighted by atomic mass is 10.1. The molecule has 0 aliphatic rings. The predicted octanol–water partition coefficient (Wildman–Crippen LogP) is 4.08. The zero-order valence-corrected chi connectivity index (χ0v) is 17.1. The van der Waals surface area contributed by atoms with Crippen molar-refractivity contribution in [1.29, 1.82) is 0 Å². The molecule has 0 aliphatic carbocycles. The van der Waals surface area contributed by atoms with Gasteiger partial charge in [0, 0.05) is 21.9 Å². The molecule has 3 rings (SSSR count). The van der Waals surface area contributed by atoms with E-state index < -0.39 is 10.0 Å². The van der Waals surface area contributed by atoms with Crippen LogP contribution in [-0.2, 0) is 21.2 Å². The fourth-order valence-electron chi connectivity index (χ4n) is 2.44. The molecule has 0 fully saturated rings. The molecule has 150 valence electrons. The predicted molar refractivity (Wildman–Crippen MR) is 112 cm³/mol. The first-order valence-corrected chi connectivity index (χ1v) is 10.5. The third kappa shape index (κ3) is 5.60. The number of nitrogens with one attached hydrogen (secondary N) is 2. The molecular weight excluding hydrogens is 437 g/mol. The van der Waals surface area contributed by atoms with Gasteiger partial charge in [-0.25, -0.2) is 13.4 Å². The molecule has 0 bridgehead atoms. The number of halogens is 2. The number of pyridine rings is 1. The van der Waals surface area contributed by atoms with Gasteiger partial charge in [0.25, 0.3) is 10.0 Å². The maximum Gasteiger partial charge on any atom is 0.261 e. The number of hydrogen-bond acceptors (Lipinski definition) is 5. The SMILES string of the molecule is O=C(Cc1ccc(NS(=O)(=O)c2cc(Cl)cc(Cl)c2)cc1)Nc1ncccc1O. The molecule has 0 unspecified atom stereocenters. The summed E-state index contributed by atoms with van der Waals surface area (Å²) in [6.07, 6.45) is 1.47. The summed E-state index contributed by atoms with van der Waals surface area (Å²) >= 11 is 11.7. The van der Waals surface area contributed by atoms with Gasteiger partial charge in [-0.2, -0.15) is 0 Å². The minimum Gasteiger partial charge on any atom is -0.504 e. The minimum absolute atomic E-state index is 0.0208. The van der Waals surface area contributed by atoms with Crippen LogP contribution in [0.5, 0.6) is 5.75 Å². The third-order valence-electron chi connectivity index (χ3n) is 3.76. The second-order valence-electron chi connectivity index (χ2n) is 6.00. The van der Waals surface area contributed by atoms with Gasteiger partial charge in [0.2, 0.25) is 5.91 Å². The largest absolute Gasteiger partial charge is 0.504 e. The highest BCUT2D eigenvalue weighted by molar-refractivity contribution is 7.92. The Morgan fingerprint density at radius 1 is 1.03 bits per heavy atom. The molecule has 0 spiro atoms. The number of amides is 1. The van der Waals surface area contributed by atoms with Crippen LogP contribution in [0.25, 0.3) is 0 Å². The van der Waals surface area contributed by atoms with E-state index in [1.807, 2.05) is 0 Å². The van der Waals surface area contributed by atoms with Crippen LogP contribution in [0.2, 0.25) is 10.0 Å². The van der Waals surface area contributed by atoms with Crippen molar-refractivity contribution in [2.45, 2.75) is 11.3 Å². The number of aromatic nitrogens is 1. The maximum absolute atomic E-state index is 12.5. The van der Waals surface area contributed by atoms with Gasteiger partial charge in [-0.3, -0.25) is 9.52 Å². The Balaban J connectivity index is 1.67. The standard InChI is InChI=1S/C19H15Cl2N3O4S/c20-13-9-14(21)11-16(10-13)29(27,28)24-15-5-3-12(4-6-15)8-18(26)23-19-17(25)2-1-7-22-19/h1-7,9-11,24-25H,8H2,(H,22,23,26). The number of sulfonamides is 1. The van der Waals surface area contributed by atoms with E-state index in [4.69, 9.17) is 23.2 Å². The number of carbonyl (C=O) groups is 1. The van der Waals surface area contributed by atoms with Gasteiger partial charge in [0.05, 0.1) is 11.3 Å². The van der Waals surface area contributed by atoms with E-state index in [0.29, 0.717) is 11.3 Å². The van der Waals surface area contributed by atoms with Crippen molar-refractivity contribution in [3.05, 3.63) is 76.4 Å². The lowest BCUT2D eigenvalue weighted by Gasteiger charge is -2.10. The summed E-state index contributed by atoms with van der Waals surface area (Å²) in [4.78, 5) is 15.9. The number of nitrogens with zero attached hydrogens (tertiary/aromatic N) is 1. The molecule has 10 heteroatoms. The van der Waals surface area contributed by atoms with Crippen LogP contribution in [-0.4, -0.2) is 24.4 Å². The van der Waals surface area contributed by atoms with Crippen molar-refractivity contribution in [3.63, 3.8) is 0 Å². The molecule has 0 atom stereocenters. The first kappa shape index (κ1) is 20.9. The van der Waals surface area contributed by atoms with E-state index in [-0.39, 0.29) is 38.8 Å². The van der Waals surface area contributed by atoms with Crippen LogP contribution >= 0.6 is 23.2 Å². The molecule has 7 nitrogen and oxygen atoms in total. The normalized spacial score (nSPS) is 11.1. The van der Waals surface area contributed by atoms with Crippen LogP contribution in [0.4, 0.5) is 11.5 Å². The topological polar surface area (TPSA) is 108 Å². The highest BCUT2D eigenvalue weighted by atomic mass is 35.5. The van der Waals surface area contributed by atoms with Crippen molar-refractivity contribution in [2.24, 2.45) is 0 Å². The summed E-state index contributed by atoms with van der Waals surface area (Å²) < 4.78 is 27.4. The van der Waals surface area contributed by atoms with Crippen LogP contribution in [0.3, 0.4) is 0 Å². The van der Waals surface area contributed by atoms with Gasteiger partial charge in [0.1, 0.15) is 0 Å². The smallest absolute Gasteiger partial charge is 0.261 e. The van der Waals surface area contributed by atoms with E-state index in [1.54, 1.807) is 18.2 Å². The Morgan fingerprint density at radius 3 is 2.31 bits per heavy atom. The van der Waals surface area contributed by atoms with E-state index >= 15 is 0 Å². The summed E-state index contributed by atoms with van der Waals surface area (Å²) in [5, 5.41) is 12.6. The van der Waals surface area contributed by atoms with Gasteiger partial charge in [-0.05, 0) is 48.0 Å². The fourth-order valence-corrected chi connectivity index (χ4v) is 4.23. The van der Waals surface area contributed by atoms with Gasteiger partial charge in [-0.1, -0.05) is 35.3 Å². The molecule has 2 aromatic carbocycles.